The second-order valence-electron chi connectivity index (χ2n) is 5.66. The molecule has 2 nitrogen and oxygen atoms in total. The molecule has 0 aliphatic carbocycles. The van der Waals surface area contributed by atoms with Crippen LogP contribution in [0.15, 0.2) is 0 Å². The zero-order valence-corrected chi connectivity index (χ0v) is 11.1. The smallest absolute Gasteiger partial charge is 0.0243 e. The van der Waals surface area contributed by atoms with Crippen LogP contribution in [0.3, 0.4) is 0 Å². The maximum absolute atomic E-state index is 3.33. The van der Waals surface area contributed by atoms with Gasteiger partial charge < -0.3 is 5.32 Å². The molecule has 1 rings (SSSR count). The van der Waals surface area contributed by atoms with E-state index in [1.165, 1.54) is 19.5 Å². The van der Waals surface area contributed by atoms with Crippen molar-refractivity contribution in [2.75, 3.05) is 26.7 Å². The lowest BCUT2D eigenvalue weighted by Crippen LogP contribution is -2.43. The first-order chi connectivity index (χ1) is 7.06. The van der Waals surface area contributed by atoms with Gasteiger partial charge in [-0.05, 0) is 37.8 Å². The molecule has 0 aromatic carbocycles. The minimum atomic E-state index is 0.721. The molecule has 0 aromatic heterocycles. The van der Waals surface area contributed by atoms with Crippen LogP contribution in [-0.2, 0) is 0 Å². The van der Waals surface area contributed by atoms with E-state index < -0.39 is 0 Å². The standard InChI is InChI=1S/C13H28N2/c1-10(2)12-6-7-15(9-12)13(8-14-5)11(3)4/h10-14H,6-9H2,1-5H3. The third kappa shape index (κ3) is 3.46. The van der Waals surface area contributed by atoms with Gasteiger partial charge in [0.05, 0.1) is 0 Å². The van der Waals surface area contributed by atoms with Crippen molar-refractivity contribution >= 4 is 0 Å². The number of likely N-dealkylation sites (N-methyl/N-ethyl adjacent to an activating group) is 1. The molecule has 1 saturated heterocycles. The van der Waals surface area contributed by atoms with Gasteiger partial charge in [0.2, 0.25) is 0 Å². The predicted molar refractivity (Wildman–Crippen MR) is 67.1 cm³/mol. The van der Waals surface area contributed by atoms with Gasteiger partial charge in [0, 0.05) is 19.1 Å². The maximum Gasteiger partial charge on any atom is 0.0243 e. The molecule has 0 aromatic rings. The SMILES string of the molecule is CNCC(C(C)C)N1CCC(C(C)C)C1. The molecule has 1 aliphatic heterocycles. The van der Waals surface area contributed by atoms with Gasteiger partial charge >= 0.3 is 0 Å². The van der Waals surface area contributed by atoms with Gasteiger partial charge in [0.25, 0.3) is 0 Å². The monoisotopic (exact) mass is 212 g/mol. The molecule has 1 heterocycles. The summed E-state index contributed by atoms with van der Waals surface area (Å²) in [5.41, 5.74) is 0. The first kappa shape index (κ1) is 13.0. The molecule has 90 valence electrons. The van der Waals surface area contributed by atoms with Crippen molar-refractivity contribution in [3.8, 4) is 0 Å². The highest BCUT2D eigenvalue weighted by Gasteiger charge is 2.30. The van der Waals surface area contributed by atoms with Crippen LogP contribution < -0.4 is 5.32 Å². The second-order valence-corrected chi connectivity index (χ2v) is 5.66. The lowest BCUT2D eigenvalue weighted by Gasteiger charge is -2.31. The molecule has 1 fully saturated rings. The van der Waals surface area contributed by atoms with Gasteiger partial charge in [0.15, 0.2) is 0 Å². The number of nitrogens with zero attached hydrogens (tertiary/aromatic N) is 1. The highest BCUT2D eigenvalue weighted by molar-refractivity contribution is 4.85. The van der Waals surface area contributed by atoms with Crippen LogP contribution in [0.5, 0.6) is 0 Å². The molecular formula is C13H28N2. The molecular weight excluding hydrogens is 184 g/mol. The lowest BCUT2D eigenvalue weighted by atomic mass is 9.95. The van der Waals surface area contributed by atoms with Crippen LogP contribution in [0.25, 0.3) is 0 Å². The van der Waals surface area contributed by atoms with E-state index in [4.69, 9.17) is 0 Å². The van der Waals surface area contributed by atoms with E-state index in [9.17, 15) is 0 Å². The molecule has 2 unspecified atom stereocenters. The van der Waals surface area contributed by atoms with E-state index in [1.54, 1.807) is 0 Å². The Labute approximate surface area is 95.4 Å². The first-order valence-corrected chi connectivity index (χ1v) is 6.45. The van der Waals surface area contributed by atoms with Gasteiger partial charge in [-0.25, -0.2) is 0 Å². The molecule has 0 saturated carbocycles. The van der Waals surface area contributed by atoms with E-state index in [2.05, 4.69) is 45.0 Å². The van der Waals surface area contributed by atoms with Crippen molar-refractivity contribution < 1.29 is 0 Å². The van der Waals surface area contributed by atoms with Crippen molar-refractivity contribution in [2.45, 2.75) is 40.2 Å². The van der Waals surface area contributed by atoms with Crippen molar-refractivity contribution in [2.24, 2.45) is 17.8 Å². The van der Waals surface area contributed by atoms with Crippen LogP contribution in [0.1, 0.15) is 34.1 Å². The van der Waals surface area contributed by atoms with Crippen LogP contribution in [0.4, 0.5) is 0 Å². The Morgan fingerprint density at radius 2 is 1.93 bits per heavy atom. The van der Waals surface area contributed by atoms with Gasteiger partial charge in [-0.15, -0.1) is 0 Å². The molecule has 1 N–H and O–H groups in total. The van der Waals surface area contributed by atoms with Crippen LogP contribution in [0.2, 0.25) is 0 Å². The highest BCUT2D eigenvalue weighted by Crippen LogP contribution is 2.26. The first-order valence-electron chi connectivity index (χ1n) is 6.45. The molecule has 15 heavy (non-hydrogen) atoms. The van der Waals surface area contributed by atoms with Crippen molar-refractivity contribution in [3.63, 3.8) is 0 Å². The Morgan fingerprint density at radius 1 is 1.27 bits per heavy atom. The lowest BCUT2D eigenvalue weighted by molar-refractivity contribution is 0.177. The molecule has 2 atom stereocenters. The van der Waals surface area contributed by atoms with Gasteiger partial charge in [-0.1, -0.05) is 27.7 Å². The van der Waals surface area contributed by atoms with Crippen LogP contribution in [0, 0.1) is 17.8 Å². The molecule has 0 spiro atoms. The van der Waals surface area contributed by atoms with E-state index >= 15 is 0 Å². The third-order valence-electron chi connectivity index (χ3n) is 3.85. The predicted octanol–water partition coefficient (Wildman–Crippen LogP) is 2.21. The Morgan fingerprint density at radius 3 is 2.33 bits per heavy atom. The van der Waals surface area contributed by atoms with E-state index in [0.717, 1.165) is 30.3 Å². The maximum atomic E-state index is 3.33. The van der Waals surface area contributed by atoms with Crippen molar-refractivity contribution in [1.29, 1.82) is 0 Å². The molecule has 2 heteroatoms. The topological polar surface area (TPSA) is 15.3 Å². The van der Waals surface area contributed by atoms with Gasteiger partial charge in [0.1, 0.15) is 0 Å². The number of nitrogens with one attached hydrogen (secondary N) is 1. The van der Waals surface area contributed by atoms with Crippen molar-refractivity contribution in [3.05, 3.63) is 0 Å². The summed E-state index contributed by atoms with van der Waals surface area (Å²) >= 11 is 0. The quantitative estimate of drug-likeness (QED) is 0.751. The Hall–Kier alpha value is -0.0800. The zero-order chi connectivity index (χ0) is 11.4. The summed E-state index contributed by atoms with van der Waals surface area (Å²) in [6.45, 7) is 13.1. The fraction of sp³-hybridized carbons (Fsp3) is 1.00. The van der Waals surface area contributed by atoms with Gasteiger partial charge in [-0.2, -0.15) is 0 Å². The minimum Gasteiger partial charge on any atom is -0.318 e. The average molecular weight is 212 g/mol. The zero-order valence-electron chi connectivity index (χ0n) is 11.1. The fourth-order valence-corrected chi connectivity index (χ4v) is 2.66. The molecule has 0 radical (unpaired) electrons. The summed E-state index contributed by atoms with van der Waals surface area (Å²) in [7, 11) is 2.06. The highest BCUT2D eigenvalue weighted by atomic mass is 15.2. The van der Waals surface area contributed by atoms with Crippen molar-refractivity contribution in [1.82, 2.24) is 10.2 Å². The van der Waals surface area contributed by atoms with Crippen LogP contribution in [-0.4, -0.2) is 37.6 Å². The molecule has 1 aliphatic rings. The van der Waals surface area contributed by atoms with E-state index in [-0.39, 0.29) is 0 Å². The summed E-state index contributed by atoms with van der Waals surface area (Å²) in [6.07, 6.45) is 1.39. The number of hydrogen-bond acceptors (Lipinski definition) is 2. The number of hydrogen-bond donors (Lipinski definition) is 1. The van der Waals surface area contributed by atoms with E-state index in [0.29, 0.717) is 0 Å². The summed E-state index contributed by atoms with van der Waals surface area (Å²) in [4.78, 5) is 2.69. The summed E-state index contributed by atoms with van der Waals surface area (Å²) in [6, 6.07) is 0.721. The second kappa shape index (κ2) is 5.86. The average Bonchev–Trinajstić information content (AvgIpc) is 2.62. The summed E-state index contributed by atoms with van der Waals surface area (Å²) in [5, 5.41) is 3.33. The Bertz CT molecular complexity index is 177. The molecule has 0 amide bonds. The summed E-state index contributed by atoms with van der Waals surface area (Å²) in [5.74, 6) is 2.52. The third-order valence-corrected chi connectivity index (χ3v) is 3.85. The molecule has 0 bridgehead atoms. The van der Waals surface area contributed by atoms with Crippen LogP contribution >= 0.6 is 0 Å². The van der Waals surface area contributed by atoms with E-state index in [1.807, 2.05) is 0 Å². The van der Waals surface area contributed by atoms with Gasteiger partial charge in [-0.3, -0.25) is 4.90 Å². The summed E-state index contributed by atoms with van der Waals surface area (Å²) < 4.78 is 0. The minimum absolute atomic E-state index is 0.721. The fourth-order valence-electron chi connectivity index (χ4n) is 2.66. The Kier molecular flexibility index (Phi) is 5.07. The largest absolute Gasteiger partial charge is 0.318 e. The number of rotatable bonds is 5. The Balaban J connectivity index is 2.49. The normalized spacial score (nSPS) is 25.4. The number of likely N-dealkylation sites (tertiary alicyclic amines) is 1.